The largest absolute Gasteiger partial charge is 0.476 e. The first-order valence-electron chi connectivity index (χ1n) is 5.23. The molecule has 2 rings (SSSR count). The lowest BCUT2D eigenvalue weighted by atomic mass is 10.3. The van der Waals surface area contributed by atoms with Crippen LogP contribution in [-0.4, -0.2) is 27.6 Å². The summed E-state index contributed by atoms with van der Waals surface area (Å²) in [7, 11) is 0. The molecular formula is C10H14N4O2. The lowest BCUT2D eigenvalue weighted by Gasteiger charge is -2.07. The summed E-state index contributed by atoms with van der Waals surface area (Å²) >= 11 is 0. The van der Waals surface area contributed by atoms with Crippen LogP contribution in [-0.2, 0) is 0 Å². The Morgan fingerprint density at radius 1 is 1.50 bits per heavy atom. The maximum atomic E-state index is 8.58. The van der Waals surface area contributed by atoms with Crippen LogP contribution < -0.4 is 10.5 Å². The zero-order valence-corrected chi connectivity index (χ0v) is 8.83. The smallest absolute Gasteiger partial charge is 0.243 e. The summed E-state index contributed by atoms with van der Waals surface area (Å²) in [6, 6.07) is 0. The second-order valence-corrected chi connectivity index (χ2v) is 3.78. The number of oxime groups is 1. The standard InChI is InChI=1S/C10H14N4O2/c11-9(14-15)8-10(13-5-4-12-8)16-6-3-7-1-2-7/h4-5,7,15H,1-3,6H2,(H2,11,14). The van der Waals surface area contributed by atoms with E-state index in [1.54, 1.807) is 0 Å². The van der Waals surface area contributed by atoms with Gasteiger partial charge in [-0.2, -0.15) is 0 Å². The Morgan fingerprint density at radius 2 is 2.25 bits per heavy atom. The van der Waals surface area contributed by atoms with E-state index in [1.807, 2.05) is 0 Å². The molecule has 6 nitrogen and oxygen atoms in total. The van der Waals surface area contributed by atoms with Crippen LogP contribution in [0.1, 0.15) is 25.0 Å². The summed E-state index contributed by atoms with van der Waals surface area (Å²) in [4.78, 5) is 7.97. The van der Waals surface area contributed by atoms with Crippen molar-refractivity contribution >= 4 is 5.84 Å². The highest BCUT2D eigenvalue weighted by Crippen LogP contribution is 2.32. The van der Waals surface area contributed by atoms with Gasteiger partial charge in [-0.3, -0.25) is 0 Å². The van der Waals surface area contributed by atoms with Crippen molar-refractivity contribution in [3.05, 3.63) is 18.1 Å². The van der Waals surface area contributed by atoms with Crippen molar-refractivity contribution in [2.75, 3.05) is 6.61 Å². The van der Waals surface area contributed by atoms with Crippen LogP contribution in [0.3, 0.4) is 0 Å². The molecule has 1 heterocycles. The van der Waals surface area contributed by atoms with E-state index in [0.29, 0.717) is 12.5 Å². The van der Waals surface area contributed by atoms with Crippen LogP contribution in [0.25, 0.3) is 0 Å². The lowest BCUT2D eigenvalue weighted by Crippen LogP contribution is -2.17. The Kier molecular flexibility index (Phi) is 3.19. The van der Waals surface area contributed by atoms with Gasteiger partial charge >= 0.3 is 0 Å². The van der Waals surface area contributed by atoms with E-state index >= 15 is 0 Å². The number of amidine groups is 1. The summed E-state index contributed by atoms with van der Waals surface area (Å²) < 4.78 is 5.47. The van der Waals surface area contributed by atoms with E-state index in [2.05, 4.69) is 15.1 Å². The minimum absolute atomic E-state index is 0.0884. The average molecular weight is 222 g/mol. The van der Waals surface area contributed by atoms with E-state index in [9.17, 15) is 0 Å². The molecule has 0 amide bonds. The van der Waals surface area contributed by atoms with Crippen LogP contribution in [0.2, 0.25) is 0 Å². The van der Waals surface area contributed by atoms with Crippen LogP contribution in [0, 0.1) is 5.92 Å². The maximum absolute atomic E-state index is 8.58. The first-order chi connectivity index (χ1) is 7.81. The molecule has 3 N–H and O–H groups in total. The Balaban J connectivity index is 2.00. The van der Waals surface area contributed by atoms with E-state index in [0.717, 1.165) is 12.3 Å². The second kappa shape index (κ2) is 4.78. The van der Waals surface area contributed by atoms with Crippen molar-refractivity contribution in [2.45, 2.75) is 19.3 Å². The van der Waals surface area contributed by atoms with Gasteiger partial charge in [0.25, 0.3) is 0 Å². The highest BCUT2D eigenvalue weighted by atomic mass is 16.5. The fourth-order valence-electron chi connectivity index (χ4n) is 1.38. The molecule has 6 heteroatoms. The van der Waals surface area contributed by atoms with Crippen molar-refractivity contribution in [2.24, 2.45) is 16.8 Å². The highest BCUT2D eigenvalue weighted by molar-refractivity contribution is 5.97. The summed E-state index contributed by atoms with van der Waals surface area (Å²) in [6.45, 7) is 0.592. The van der Waals surface area contributed by atoms with Gasteiger partial charge in [-0.05, 0) is 12.3 Å². The van der Waals surface area contributed by atoms with E-state index in [4.69, 9.17) is 15.7 Å². The van der Waals surface area contributed by atoms with Crippen LogP contribution in [0.4, 0.5) is 0 Å². The molecule has 86 valence electrons. The van der Waals surface area contributed by atoms with Crippen molar-refractivity contribution in [3.63, 3.8) is 0 Å². The fraction of sp³-hybridized carbons (Fsp3) is 0.500. The van der Waals surface area contributed by atoms with Gasteiger partial charge in [0.15, 0.2) is 11.5 Å². The first-order valence-corrected chi connectivity index (χ1v) is 5.23. The van der Waals surface area contributed by atoms with Gasteiger partial charge in [0.1, 0.15) is 0 Å². The molecule has 0 spiro atoms. The normalized spacial score (nSPS) is 16.1. The van der Waals surface area contributed by atoms with Gasteiger partial charge in [-0.1, -0.05) is 18.0 Å². The SMILES string of the molecule is NC(=NO)c1nccnc1OCCC1CC1. The monoisotopic (exact) mass is 222 g/mol. The van der Waals surface area contributed by atoms with E-state index in [-0.39, 0.29) is 11.5 Å². The highest BCUT2D eigenvalue weighted by Gasteiger charge is 2.21. The topological polar surface area (TPSA) is 93.6 Å². The minimum atomic E-state index is -0.0884. The quantitative estimate of drug-likeness (QED) is 0.332. The Hall–Kier alpha value is -1.85. The summed E-state index contributed by atoms with van der Waals surface area (Å²) in [5, 5.41) is 11.5. The molecule has 1 aliphatic carbocycles. The van der Waals surface area contributed by atoms with E-state index < -0.39 is 0 Å². The van der Waals surface area contributed by atoms with Crippen LogP contribution in [0.15, 0.2) is 17.5 Å². The fourth-order valence-corrected chi connectivity index (χ4v) is 1.38. The second-order valence-electron chi connectivity index (χ2n) is 3.78. The van der Waals surface area contributed by atoms with Gasteiger partial charge in [-0.15, -0.1) is 0 Å². The average Bonchev–Trinajstić information content (AvgIpc) is 3.13. The Bertz CT molecular complexity index is 390. The first kappa shape index (κ1) is 10.7. The Labute approximate surface area is 93.2 Å². The summed E-state index contributed by atoms with van der Waals surface area (Å²) in [5.41, 5.74) is 5.73. The molecule has 1 saturated carbocycles. The molecule has 0 saturated heterocycles. The zero-order chi connectivity index (χ0) is 11.4. The number of rotatable bonds is 5. The molecule has 1 fully saturated rings. The number of nitrogens with zero attached hydrogens (tertiary/aromatic N) is 3. The number of hydrogen-bond donors (Lipinski definition) is 2. The number of nitrogens with two attached hydrogens (primary N) is 1. The van der Waals surface area contributed by atoms with Crippen LogP contribution in [0.5, 0.6) is 5.88 Å². The van der Waals surface area contributed by atoms with E-state index in [1.165, 1.54) is 25.2 Å². The summed E-state index contributed by atoms with van der Waals surface area (Å²) in [5.74, 6) is 1.02. The van der Waals surface area contributed by atoms with Crippen molar-refractivity contribution in [1.82, 2.24) is 9.97 Å². The lowest BCUT2D eigenvalue weighted by molar-refractivity contribution is 0.288. The molecule has 1 aromatic rings. The third kappa shape index (κ3) is 2.59. The van der Waals surface area contributed by atoms with Gasteiger partial charge in [0.05, 0.1) is 6.61 Å². The predicted molar refractivity (Wildman–Crippen MR) is 57.4 cm³/mol. The molecule has 0 radical (unpaired) electrons. The Morgan fingerprint density at radius 3 is 2.94 bits per heavy atom. The zero-order valence-electron chi connectivity index (χ0n) is 8.83. The van der Waals surface area contributed by atoms with Crippen molar-refractivity contribution in [1.29, 1.82) is 0 Å². The van der Waals surface area contributed by atoms with Crippen molar-refractivity contribution in [3.8, 4) is 5.88 Å². The van der Waals surface area contributed by atoms with Gasteiger partial charge in [0, 0.05) is 12.4 Å². The summed E-state index contributed by atoms with van der Waals surface area (Å²) in [6.07, 6.45) is 6.59. The van der Waals surface area contributed by atoms with Gasteiger partial charge < -0.3 is 15.7 Å². The molecule has 1 aliphatic rings. The molecule has 0 bridgehead atoms. The molecule has 0 aromatic carbocycles. The maximum Gasteiger partial charge on any atom is 0.243 e. The van der Waals surface area contributed by atoms with Crippen LogP contribution >= 0.6 is 0 Å². The molecule has 0 aliphatic heterocycles. The van der Waals surface area contributed by atoms with Gasteiger partial charge in [-0.25, -0.2) is 9.97 Å². The number of ether oxygens (including phenoxy) is 1. The molecule has 16 heavy (non-hydrogen) atoms. The minimum Gasteiger partial charge on any atom is -0.476 e. The number of hydrogen-bond acceptors (Lipinski definition) is 5. The molecular weight excluding hydrogens is 208 g/mol. The number of aromatic nitrogens is 2. The van der Waals surface area contributed by atoms with Crippen molar-refractivity contribution < 1.29 is 9.94 Å². The third-order valence-corrected chi connectivity index (χ3v) is 2.48. The molecule has 1 aromatic heterocycles. The molecule has 0 atom stereocenters. The third-order valence-electron chi connectivity index (χ3n) is 2.48. The molecule has 0 unspecified atom stereocenters. The predicted octanol–water partition coefficient (Wildman–Crippen LogP) is 0.750. The van der Waals surface area contributed by atoms with Gasteiger partial charge in [0.2, 0.25) is 5.88 Å².